The summed E-state index contributed by atoms with van der Waals surface area (Å²) in [6, 6.07) is 10.2. The van der Waals surface area contributed by atoms with E-state index in [1.165, 1.54) is 0 Å². The third-order valence-corrected chi connectivity index (χ3v) is 3.47. The summed E-state index contributed by atoms with van der Waals surface area (Å²) >= 11 is 6.15. The van der Waals surface area contributed by atoms with Gasteiger partial charge in [0.2, 0.25) is 0 Å². The average molecular weight is 320 g/mol. The highest BCUT2D eigenvalue weighted by atomic mass is 35.5. The van der Waals surface area contributed by atoms with Crippen molar-refractivity contribution >= 4 is 23.2 Å². The maximum absolute atomic E-state index is 12.3. The number of fused-ring (bicyclic) bond motifs is 1. The van der Waals surface area contributed by atoms with E-state index in [0.29, 0.717) is 46.7 Å². The fourth-order valence-electron chi connectivity index (χ4n) is 2.15. The van der Waals surface area contributed by atoms with Crippen molar-refractivity contribution in [2.24, 2.45) is 0 Å². The molecule has 1 heterocycles. The molecule has 5 nitrogen and oxygen atoms in total. The fraction of sp³-hybridized carbons (Fsp3) is 0.188. The summed E-state index contributed by atoms with van der Waals surface area (Å²) in [5.41, 5.74) is 1.03. The molecule has 1 aliphatic heterocycles. The molecule has 114 valence electrons. The van der Waals surface area contributed by atoms with Crippen molar-refractivity contribution in [3.63, 3.8) is 0 Å². The molecule has 0 bridgehead atoms. The summed E-state index contributed by atoms with van der Waals surface area (Å²) in [5.74, 6) is 1.39. The van der Waals surface area contributed by atoms with Crippen LogP contribution < -0.4 is 19.5 Å². The van der Waals surface area contributed by atoms with Gasteiger partial charge in [-0.1, -0.05) is 17.7 Å². The standard InChI is InChI=1S/C16H14ClNO4/c1-20-12-4-2-3-10(7-12)16(19)18-11-8-13(17)15-14(9-11)21-5-6-22-15/h2-4,7-9H,5-6H2,1H3,(H,18,19). The molecule has 1 aliphatic rings. The number of nitrogens with one attached hydrogen (secondary N) is 1. The molecule has 2 aromatic rings. The van der Waals surface area contributed by atoms with Gasteiger partial charge in [0, 0.05) is 17.3 Å². The van der Waals surface area contributed by atoms with Gasteiger partial charge in [-0.05, 0) is 24.3 Å². The summed E-state index contributed by atoms with van der Waals surface area (Å²) in [7, 11) is 1.55. The molecule has 1 amide bonds. The summed E-state index contributed by atoms with van der Waals surface area (Å²) < 4.78 is 16.0. The van der Waals surface area contributed by atoms with Gasteiger partial charge in [0.1, 0.15) is 19.0 Å². The van der Waals surface area contributed by atoms with Crippen molar-refractivity contribution in [1.82, 2.24) is 0 Å². The van der Waals surface area contributed by atoms with Crippen LogP contribution >= 0.6 is 11.6 Å². The van der Waals surface area contributed by atoms with Crippen molar-refractivity contribution in [2.75, 3.05) is 25.6 Å². The van der Waals surface area contributed by atoms with Gasteiger partial charge in [0.05, 0.1) is 12.1 Å². The van der Waals surface area contributed by atoms with Gasteiger partial charge >= 0.3 is 0 Å². The zero-order valence-corrected chi connectivity index (χ0v) is 12.6. The van der Waals surface area contributed by atoms with E-state index in [0.717, 1.165) is 0 Å². The second-order valence-electron chi connectivity index (χ2n) is 4.67. The third-order valence-electron chi connectivity index (χ3n) is 3.19. The van der Waals surface area contributed by atoms with Gasteiger partial charge in [-0.15, -0.1) is 0 Å². The summed E-state index contributed by atoms with van der Waals surface area (Å²) in [6.45, 7) is 0.916. The molecule has 0 fully saturated rings. The first-order chi connectivity index (χ1) is 10.7. The van der Waals surface area contributed by atoms with E-state index in [1.807, 2.05) is 0 Å². The highest BCUT2D eigenvalue weighted by Gasteiger charge is 2.17. The molecule has 1 N–H and O–H groups in total. The number of hydrogen-bond acceptors (Lipinski definition) is 4. The molecule has 22 heavy (non-hydrogen) atoms. The predicted molar refractivity (Wildman–Crippen MR) is 83.4 cm³/mol. The number of methoxy groups -OCH3 is 1. The normalized spacial score (nSPS) is 12.6. The molecule has 0 atom stereocenters. The molecule has 0 aromatic heterocycles. The average Bonchev–Trinajstić information content (AvgIpc) is 2.55. The maximum atomic E-state index is 12.3. The molecular weight excluding hydrogens is 306 g/mol. The van der Waals surface area contributed by atoms with E-state index in [2.05, 4.69) is 5.32 Å². The van der Waals surface area contributed by atoms with Crippen LogP contribution in [0, 0.1) is 0 Å². The molecule has 2 aromatic carbocycles. The highest BCUT2D eigenvalue weighted by Crippen LogP contribution is 2.40. The Hall–Kier alpha value is -2.40. The van der Waals surface area contributed by atoms with Gasteiger partial charge in [0.25, 0.3) is 5.91 Å². The number of amides is 1. The largest absolute Gasteiger partial charge is 0.497 e. The molecule has 0 spiro atoms. The quantitative estimate of drug-likeness (QED) is 0.942. The third kappa shape index (κ3) is 2.94. The van der Waals surface area contributed by atoms with Crippen LogP contribution in [-0.2, 0) is 0 Å². The molecule has 0 radical (unpaired) electrons. The van der Waals surface area contributed by atoms with Crippen LogP contribution in [-0.4, -0.2) is 26.2 Å². The lowest BCUT2D eigenvalue weighted by Crippen LogP contribution is -2.17. The van der Waals surface area contributed by atoms with Gasteiger partial charge in [-0.2, -0.15) is 0 Å². The number of anilines is 1. The Morgan fingerprint density at radius 3 is 2.86 bits per heavy atom. The maximum Gasteiger partial charge on any atom is 0.255 e. The number of carbonyl (C=O) groups is 1. The minimum atomic E-state index is -0.258. The number of rotatable bonds is 3. The van der Waals surface area contributed by atoms with Crippen molar-refractivity contribution in [3.8, 4) is 17.2 Å². The first kappa shape index (κ1) is 14.5. The summed E-state index contributed by atoms with van der Waals surface area (Å²) in [6.07, 6.45) is 0. The van der Waals surface area contributed by atoms with E-state index in [9.17, 15) is 4.79 Å². The topological polar surface area (TPSA) is 56.8 Å². The van der Waals surface area contributed by atoms with E-state index < -0.39 is 0 Å². The van der Waals surface area contributed by atoms with Crippen LogP contribution in [0.25, 0.3) is 0 Å². The Morgan fingerprint density at radius 1 is 1.23 bits per heavy atom. The molecule has 0 saturated heterocycles. The van der Waals surface area contributed by atoms with Crippen molar-refractivity contribution in [3.05, 3.63) is 47.0 Å². The van der Waals surface area contributed by atoms with Crippen LogP contribution in [0.15, 0.2) is 36.4 Å². The smallest absolute Gasteiger partial charge is 0.255 e. The van der Waals surface area contributed by atoms with Gasteiger partial charge in [-0.3, -0.25) is 4.79 Å². The van der Waals surface area contributed by atoms with Gasteiger partial charge in [-0.25, -0.2) is 0 Å². The second-order valence-corrected chi connectivity index (χ2v) is 5.08. The minimum absolute atomic E-state index is 0.258. The SMILES string of the molecule is COc1cccc(C(=O)Nc2cc(Cl)c3c(c2)OCCO3)c1. The fourth-order valence-corrected chi connectivity index (χ4v) is 2.42. The number of halogens is 1. The zero-order valence-electron chi connectivity index (χ0n) is 11.9. The van der Waals surface area contributed by atoms with E-state index in [1.54, 1.807) is 43.5 Å². The lowest BCUT2D eigenvalue weighted by molar-refractivity contribution is 0.102. The zero-order chi connectivity index (χ0) is 15.5. The van der Waals surface area contributed by atoms with Gasteiger partial charge < -0.3 is 19.5 Å². The lowest BCUT2D eigenvalue weighted by atomic mass is 10.2. The first-order valence-electron chi connectivity index (χ1n) is 6.72. The molecule has 0 aliphatic carbocycles. The Bertz CT molecular complexity index is 717. The number of ether oxygens (including phenoxy) is 3. The minimum Gasteiger partial charge on any atom is -0.497 e. The lowest BCUT2D eigenvalue weighted by Gasteiger charge is -2.20. The van der Waals surface area contributed by atoms with Crippen molar-refractivity contribution in [1.29, 1.82) is 0 Å². The number of benzene rings is 2. The van der Waals surface area contributed by atoms with Crippen LogP contribution in [0.2, 0.25) is 5.02 Å². The predicted octanol–water partition coefficient (Wildman–Crippen LogP) is 3.37. The Kier molecular flexibility index (Phi) is 4.06. The van der Waals surface area contributed by atoms with Crippen LogP contribution in [0.3, 0.4) is 0 Å². The summed E-state index contributed by atoms with van der Waals surface area (Å²) in [5, 5.41) is 3.19. The molecule has 6 heteroatoms. The Balaban J connectivity index is 1.83. The summed E-state index contributed by atoms with van der Waals surface area (Å²) in [4.78, 5) is 12.3. The second kappa shape index (κ2) is 6.15. The van der Waals surface area contributed by atoms with Crippen molar-refractivity contribution < 1.29 is 19.0 Å². The highest BCUT2D eigenvalue weighted by molar-refractivity contribution is 6.32. The van der Waals surface area contributed by atoms with Crippen LogP contribution in [0.4, 0.5) is 5.69 Å². The Labute approximate surface area is 132 Å². The van der Waals surface area contributed by atoms with Crippen LogP contribution in [0.5, 0.6) is 17.2 Å². The number of carbonyl (C=O) groups excluding carboxylic acids is 1. The number of hydrogen-bond donors (Lipinski definition) is 1. The van der Waals surface area contributed by atoms with Gasteiger partial charge in [0.15, 0.2) is 11.5 Å². The van der Waals surface area contributed by atoms with E-state index in [-0.39, 0.29) is 5.91 Å². The van der Waals surface area contributed by atoms with E-state index >= 15 is 0 Å². The molecule has 0 saturated carbocycles. The Morgan fingerprint density at radius 2 is 2.05 bits per heavy atom. The van der Waals surface area contributed by atoms with Crippen molar-refractivity contribution in [2.45, 2.75) is 0 Å². The molecule has 0 unspecified atom stereocenters. The first-order valence-corrected chi connectivity index (χ1v) is 7.10. The monoisotopic (exact) mass is 319 g/mol. The molecular formula is C16H14ClNO4. The molecule has 3 rings (SSSR count). The van der Waals surface area contributed by atoms with Crippen LogP contribution in [0.1, 0.15) is 10.4 Å². The van der Waals surface area contributed by atoms with E-state index in [4.69, 9.17) is 25.8 Å².